The van der Waals surface area contributed by atoms with Crippen molar-refractivity contribution in [3.05, 3.63) is 64.4 Å². The first-order chi connectivity index (χ1) is 11.6. The third-order valence-corrected chi connectivity index (χ3v) is 4.38. The second-order valence-corrected chi connectivity index (χ2v) is 6.17. The summed E-state index contributed by atoms with van der Waals surface area (Å²) in [6.07, 6.45) is 3.42. The number of nitrogens with zero attached hydrogens (tertiary/aromatic N) is 3. The van der Waals surface area contributed by atoms with E-state index in [9.17, 15) is 4.79 Å². The zero-order valence-electron chi connectivity index (χ0n) is 13.4. The summed E-state index contributed by atoms with van der Waals surface area (Å²) in [4.78, 5) is 16.3. The van der Waals surface area contributed by atoms with E-state index in [-0.39, 0.29) is 5.91 Å². The molecule has 122 valence electrons. The summed E-state index contributed by atoms with van der Waals surface area (Å²) in [6.45, 7) is 4.01. The summed E-state index contributed by atoms with van der Waals surface area (Å²) in [6, 6.07) is 8.69. The van der Waals surface area contributed by atoms with Crippen molar-refractivity contribution in [2.45, 2.75) is 13.8 Å². The van der Waals surface area contributed by atoms with Crippen LogP contribution in [-0.4, -0.2) is 21.7 Å². The highest BCUT2D eigenvalue weighted by molar-refractivity contribution is 7.12. The number of hydrogen-bond donors (Lipinski definition) is 2. The zero-order valence-corrected chi connectivity index (χ0v) is 14.2. The maximum atomic E-state index is 12.0. The molecule has 0 aliphatic heterocycles. The summed E-state index contributed by atoms with van der Waals surface area (Å²) in [5, 5.41) is 6.90. The Morgan fingerprint density at radius 1 is 1.33 bits per heavy atom. The van der Waals surface area contributed by atoms with Gasteiger partial charge in [0.25, 0.3) is 5.91 Å². The molecule has 0 aliphatic carbocycles. The van der Waals surface area contributed by atoms with Crippen LogP contribution in [0.1, 0.15) is 27.3 Å². The molecule has 7 heteroatoms. The van der Waals surface area contributed by atoms with E-state index < -0.39 is 0 Å². The van der Waals surface area contributed by atoms with Crippen molar-refractivity contribution in [2.75, 3.05) is 5.73 Å². The highest BCUT2D eigenvalue weighted by Crippen LogP contribution is 2.21. The summed E-state index contributed by atoms with van der Waals surface area (Å²) >= 11 is 1.57. The van der Waals surface area contributed by atoms with Crippen molar-refractivity contribution < 1.29 is 4.79 Å². The van der Waals surface area contributed by atoms with Crippen molar-refractivity contribution in [3.63, 3.8) is 0 Å². The fourth-order valence-corrected chi connectivity index (χ4v) is 3.15. The van der Waals surface area contributed by atoms with E-state index in [2.05, 4.69) is 20.1 Å². The van der Waals surface area contributed by atoms with Crippen LogP contribution in [-0.2, 0) is 0 Å². The Balaban J connectivity index is 1.74. The molecule has 0 radical (unpaired) electrons. The number of aryl methyl sites for hydroxylation is 1. The van der Waals surface area contributed by atoms with E-state index in [1.165, 1.54) is 0 Å². The lowest BCUT2D eigenvalue weighted by molar-refractivity contribution is 0.0955. The molecule has 1 aromatic carbocycles. The van der Waals surface area contributed by atoms with Gasteiger partial charge in [-0.1, -0.05) is 0 Å². The largest absolute Gasteiger partial charge is 0.399 e. The summed E-state index contributed by atoms with van der Waals surface area (Å²) in [7, 11) is 0. The first-order valence-corrected chi connectivity index (χ1v) is 8.22. The van der Waals surface area contributed by atoms with Gasteiger partial charge < -0.3 is 5.73 Å². The maximum Gasteiger partial charge on any atom is 0.271 e. The zero-order chi connectivity index (χ0) is 17.1. The number of nitrogens with one attached hydrogen (secondary N) is 1. The van der Waals surface area contributed by atoms with Crippen molar-refractivity contribution in [1.29, 1.82) is 0 Å². The molecule has 2 aromatic heterocycles. The number of anilines is 1. The van der Waals surface area contributed by atoms with E-state index >= 15 is 0 Å². The summed E-state index contributed by atoms with van der Waals surface area (Å²) < 4.78 is 2.06. The molecule has 2 heterocycles. The second-order valence-electron chi connectivity index (χ2n) is 5.30. The van der Waals surface area contributed by atoms with E-state index in [1.54, 1.807) is 48.0 Å². The number of nitrogen functional groups attached to an aromatic ring is 1. The fraction of sp³-hybridized carbons (Fsp3) is 0.118. The van der Waals surface area contributed by atoms with Gasteiger partial charge in [-0.25, -0.2) is 10.4 Å². The van der Waals surface area contributed by atoms with E-state index in [0.29, 0.717) is 11.3 Å². The van der Waals surface area contributed by atoms with Crippen LogP contribution in [0.25, 0.3) is 5.13 Å². The molecule has 0 fully saturated rings. The maximum absolute atomic E-state index is 12.0. The molecule has 0 atom stereocenters. The number of aromatic nitrogens is 2. The van der Waals surface area contributed by atoms with Crippen LogP contribution < -0.4 is 11.2 Å². The smallest absolute Gasteiger partial charge is 0.271 e. The Kier molecular flexibility index (Phi) is 4.43. The Morgan fingerprint density at radius 2 is 2.08 bits per heavy atom. The molecule has 24 heavy (non-hydrogen) atoms. The van der Waals surface area contributed by atoms with Crippen LogP contribution in [0.15, 0.2) is 47.0 Å². The van der Waals surface area contributed by atoms with Gasteiger partial charge in [0.05, 0.1) is 6.21 Å². The van der Waals surface area contributed by atoms with E-state index in [4.69, 9.17) is 5.73 Å². The number of amides is 1. The lowest BCUT2D eigenvalue weighted by Crippen LogP contribution is -2.17. The van der Waals surface area contributed by atoms with Gasteiger partial charge in [0.1, 0.15) is 0 Å². The van der Waals surface area contributed by atoms with Gasteiger partial charge in [-0.05, 0) is 44.2 Å². The molecule has 0 saturated heterocycles. The first kappa shape index (κ1) is 15.9. The Hall–Kier alpha value is -2.93. The van der Waals surface area contributed by atoms with Gasteiger partial charge in [0.2, 0.25) is 0 Å². The van der Waals surface area contributed by atoms with E-state index in [0.717, 1.165) is 22.1 Å². The monoisotopic (exact) mass is 339 g/mol. The van der Waals surface area contributed by atoms with Gasteiger partial charge in [-0.15, -0.1) is 11.3 Å². The first-order valence-electron chi connectivity index (χ1n) is 7.34. The standard InChI is InChI=1S/C17H17N5OS/c1-11-9-14(12(2)22(11)17-19-7-8-24-17)10-20-21-16(23)13-3-5-15(18)6-4-13/h3-10H,18H2,1-2H3,(H,21,23)/b20-10-. The topological polar surface area (TPSA) is 85.3 Å². The summed E-state index contributed by atoms with van der Waals surface area (Å²) in [5.74, 6) is -0.278. The second kappa shape index (κ2) is 6.67. The van der Waals surface area contributed by atoms with Gasteiger partial charge in [0, 0.05) is 39.8 Å². The van der Waals surface area contributed by atoms with Gasteiger partial charge >= 0.3 is 0 Å². The molecular formula is C17H17N5OS. The number of thiazole rings is 1. The number of hydrazone groups is 1. The summed E-state index contributed by atoms with van der Waals surface area (Å²) in [5.41, 5.74) is 12.3. The quantitative estimate of drug-likeness (QED) is 0.435. The normalized spacial score (nSPS) is 11.1. The van der Waals surface area contributed by atoms with Gasteiger partial charge in [-0.2, -0.15) is 5.10 Å². The molecular weight excluding hydrogens is 322 g/mol. The molecule has 1 amide bonds. The lowest BCUT2D eigenvalue weighted by atomic mass is 10.2. The molecule has 6 nitrogen and oxygen atoms in total. The minimum absolute atomic E-state index is 0.278. The molecule has 0 aliphatic rings. The highest BCUT2D eigenvalue weighted by atomic mass is 32.1. The minimum atomic E-state index is -0.278. The van der Waals surface area contributed by atoms with Crippen LogP contribution in [0.5, 0.6) is 0 Å². The fourth-order valence-electron chi connectivity index (χ4n) is 2.40. The molecule has 0 saturated carbocycles. The number of carbonyl (C=O) groups is 1. The van der Waals surface area contributed by atoms with Gasteiger partial charge in [0.15, 0.2) is 5.13 Å². The molecule has 3 aromatic rings. The Morgan fingerprint density at radius 3 is 2.75 bits per heavy atom. The number of nitrogens with two attached hydrogens (primary N) is 1. The third kappa shape index (κ3) is 3.21. The van der Waals surface area contributed by atoms with Crippen molar-refractivity contribution in [2.24, 2.45) is 5.10 Å². The van der Waals surface area contributed by atoms with Crippen LogP contribution in [0, 0.1) is 13.8 Å². The molecule has 0 unspecified atom stereocenters. The number of rotatable bonds is 4. The third-order valence-electron chi connectivity index (χ3n) is 3.62. The average molecular weight is 339 g/mol. The minimum Gasteiger partial charge on any atom is -0.399 e. The molecule has 0 bridgehead atoms. The predicted octanol–water partition coefficient (Wildman–Crippen LogP) is 2.90. The number of carbonyl (C=O) groups excluding carboxylic acids is 1. The van der Waals surface area contributed by atoms with Gasteiger partial charge in [-0.3, -0.25) is 9.36 Å². The highest BCUT2D eigenvalue weighted by Gasteiger charge is 2.11. The van der Waals surface area contributed by atoms with Crippen LogP contribution in [0.3, 0.4) is 0 Å². The Labute approximate surface area is 143 Å². The van der Waals surface area contributed by atoms with E-state index in [1.807, 2.05) is 25.3 Å². The predicted molar refractivity (Wildman–Crippen MR) is 96.8 cm³/mol. The molecule has 3 rings (SSSR count). The van der Waals surface area contributed by atoms with Crippen LogP contribution in [0.4, 0.5) is 5.69 Å². The van der Waals surface area contributed by atoms with Crippen molar-refractivity contribution in [1.82, 2.24) is 15.0 Å². The molecule has 3 N–H and O–H groups in total. The van der Waals surface area contributed by atoms with Crippen molar-refractivity contribution in [3.8, 4) is 5.13 Å². The SMILES string of the molecule is Cc1cc(/C=N\NC(=O)c2ccc(N)cc2)c(C)n1-c1nccs1. The molecule has 0 spiro atoms. The average Bonchev–Trinajstić information content (AvgIpc) is 3.16. The van der Waals surface area contributed by atoms with Crippen LogP contribution in [0.2, 0.25) is 0 Å². The van der Waals surface area contributed by atoms with Crippen molar-refractivity contribution >= 4 is 29.1 Å². The Bertz CT molecular complexity index is 879. The number of hydrogen-bond acceptors (Lipinski definition) is 5. The van der Waals surface area contributed by atoms with Crippen LogP contribution >= 0.6 is 11.3 Å². The lowest BCUT2D eigenvalue weighted by Gasteiger charge is -2.04. The number of benzene rings is 1.